The minimum Gasteiger partial charge on any atom is -0.355 e. The average molecular weight is 187 g/mol. The Hall–Kier alpha value is -1.10. The molecule has 0 unspecified atom stereocenters. The summed E-state index contributed by atoms with van der Waals surface area (Å²) in [5, 5.41) is 7.93. The maximum Gasteiger partial charge on any atom is 0.239 e. The topological polar surface area (TPSA) is 70.2 Å². The lowest BCUT2D eigenvalue weighted by Crippen LogP contribution is -2.40. The summed E-state index contributed by atoms with van der Waals surface area (Å²) < 4.78 is 0. The van der Waals surface area contributed by atoms with E-state index in [1.54, 1.807) is 0 Å². The molecule has 0 spiro atoms. The molecule has 0 saturated heterocycles. The minimum atomic E-state index is -0.160. The fraction of sp³-hybridized carbons (Fsp3) is 0.750. The van der Waals surface area contributed by atoms with Crippen molar-refractivity contribution in [1.29, 1.82) is 0 Å². The molecule has 5 nitrogen and oxygen atoms in total. The second-order valence-electron chi connectivity index (χ2n) is 2.51. The largest absolute Gasteiger partial charge is 0.355 e. The number of amides is 2. The number of nitrogens with one attached hydrogen (secondary N) is 3. The van der Waals surface area contributed by atoms with Crippen molar-refractivity contribution in [2.75, 3.05) is 26.2 Å². The van der Waals surface area contributed by atoms with Crippen molar-refractivity contribution in [2.45, 2.75) is 13.8 Å². The third-order valence-corrected chi connectivity index (χ3v) is 1.36. The van der Waals surface area contributed by atoms with Crippen LogP contribution in [0.2, 0.25) is 0 Å². The van der Waals surface area contributed by atoms with Crippen molar-refractivity contribution < 1.29 is 9.59 Å². The van der Waals surface area contributed by atoms with Gasteiger partial charge in [-0.05, 0) is 13.5 Å². The average Bonchev–Trinajstić information content (AvgIpc) is 2.12. The van der Waals surface area contributed by atoms with E-state index in [1.807, 2.05) is 13.8 Å². The van der Waals surface area contributed by atoms with Crippen molar-refractivity contribution in [2.24, 2.45) is 0 Å². The number of carbonyl (C=O) groups is 2. The van der Waals surface area contributed by atoms with E-state index in [1.165, 1.54) is 0 Å². The van der Waals surface area contributed by atoms with E-state index in [-0.39, 0.29) is 24.9 Å². The molecule has 2 amide bonds. The monoisotopic (exact) mass is 187 g/mol. The molecule has 0 bridgehead atoms. The van der Waals surface area contributed by atoms with Crippen molar-refractivity contribution in [3.63, 3.8) is 0 Å². The van der Waals surface area contributed by atoms with Crippen molar-refractivity contribution >= 4 is 11.8 Å². The fourth-order valence-electron chi connectivity index (χ4n) is 0.740. The van der Waals surface area contributed by atoms with Crippen LogP contribution in [-0.4, -0.2) is 38.0 Å². The normalized spacial score (nSPS) is 9.38. The molecular formula is C8H17N3O2. The van der Waals surface area contributed by atoms with Crippen LogP contribution in [0.5, 0.6) is 0 Å². The van der Waals surface area contributed by atoms with E-state index in [0.717, 1.165) is 6.54 Å². The standard InChI is InChI=1S/C8H17N3O2/c1-3-9-5-7(12)11-6-8(13)10-4-2/h9H,3-6H2,1-2H3,(H,10,13)(H,11,12). The Bertz CT molecular complexity index is 171. The Balaban J connectivity index is 3.40. The van der Waals surface area contributed by atoms with Gasteiger partial charge in [0.15, 0.2) is 0 Å². The summed E-state index contributed by atoms with van der Waals surface area (Å²) in [4.78, 5) is 21.8. The van der Waals surface area contributed by atoms with E-state index in [4.69, 9.17) is 0 Å². The van der Waals surface area contributed by atoms with Gasteiger partial charge in [-0.15, -0.1) is 0 Å². The van der Waals surface area contributed by atoms with Crippen molar-refractivity contribution in [1.82, 2.24) is 16.0 Å². The molecule has 0 aliphatic carbocycles. The van der Waals surface area contributed by atoms with E-state index in [0.29, 0.717) is 6.54 Å². The Morgan fingerprint density at radius 2 is 1.54 bits per heavy atom. The third-order valence-electron chi connectivity index (χ3n) is 1.36. The Morgan fingerprint density at radius 1 is 0.923 bits per heavy atom. The van der Waals surface area contributed by atoms with Crippen LogP contribution in [0.25, 0.3) is 0 Å². The highest BCUT2D eigenvalue weighted by Gasteiger charge is 2.02. The molecule has 5 heteroatoms. The van der Waals surface area contributed by atoms with Gasteiger partial charge in [-0.25, -0.2) is 0 Å². The lowest BCUT2D eigenvalue weighted by atomic mass is 10.5. The fourth-order valence-corrected chi connectivity index (χ4v) is 0.740. The first-order chi connectivity index (χ1) is 6.20. The Morgan fingerprint density at radius 3 is 2.08 bits per heavy atom. The summed E-state index contributed by atoms with van der Waals surface area (Å²) >= 11 is 0. The summed E-state index contributed by atoms with van der Waals surface area (Å²) in [6, 6.07) is 0. The second-order valence-corrected chi connectivity index (χ2v) is 2.51. The lowest BCUT2D eigenvalue weighted by Gasteiger charge is -2.04. The molecule has 0 aliphatic heterocycles. The van der Waals surface area contributed by atoms with Gasteiger partial charge in [0.2, 0.25) is 11.8 Å². The molecule has 3 N–H and O–H groups in total. The quantitative estimate of drug-likeness (QED) is 0.491. The zero-order valence-electron chi connectivity index (χ0n) is 8.14. The van der Waals surface area contributed by atoms with Crippen LogP contribution in [0, 0.1) is 0 Å². The van der Waals surface area contributed by atoms with Crippen LogP contribution in [0.4, 0.5) is 0 Å². The molecule has 0 aliphatic rings. The predicted octanol–water partition coefficient (Wildman–Crippen LogP) is -1.15. The summed E-state index contributed by atoms with van der Waals surface area (Å²) in [6.45, 7) is 5.39. The maximum absolute atomic E-state index is 11.0. The number of likely N-dealkylation sites (N-methyl/N-ethyl adjacent to an activating group) is 2. The number of rotatable bonds is 6. The first-order valence-electron chi connectivity index (χ1n) is 4.44. The molecule has 0 aromatic heterocycles. The maximum atomic E-state index is 11.0. The van der Waals surface area contributed by atoms with Crippen LogP contribution >= 0.6 is 0 Å². The van der Waals surface area contributed by atoms with E-state index < -0.39 is 0 Å². The van der Waals surface area contributed by atoms with Gasteiger partial charge in [-0.3, -0.25) is 9.59 Å². The molecule has 0 radical (unpaired) electrons. The zero-order chi connectivity index (χ0) is 10.1. The van der Waals surface area contributed by atoms with Gasteiger partial charge in [0.25, 0.3) is 0 Å². The number of hydrogen-bond acceptors (Lipinski definition) is 3. The van der Waals surface area contributed by atoms with Crippen LogP contribution < -0.4 is 16.0 Å². The highest BCUT2D eigenvalue weighted by Crippen LogP contribution is 1.66. The molecule has 76 valence electrons. The third kappa shape index (κ3) is 7.27. The summed E-state index contributed by atoms with van der Waals surface area (Å²) in [7, 11) is 0. The Kier molecular flexibility index (Phi) is 6.91. The summed E-state index contributed by atoms with van der Waals surface area (Å²) in [6.07, 6.45) is 0. The molecule has 0 heterocycles. The summed E-state index contributed by atoms with van der Waals surface area (Å²) in [5.41, 5.74) is 0. The molecule has 0 aromatic carbocycles. The van der Waals surface area contributed by atoms with Gasteiger partial charge in [0.1, 0.15) is 0 Å². The zero-order valence-corrected chi connectivity index (χ0v) is 8.14. The van der Waals surface area contributed by atoms with Crippen molar-refractivity contribution in [3.8, 4) is 0 Å². The van der Waals surface area contributed by atoms with Gasteiger partial charge in [-0.1, -0.05) is 6.92 Å². The molecule has 0 fully saturated rings. The highest BCUT2D eigenvalue weighted by atomic mass is 16.2. The number of carbonyl (C=O) groups excluding carboxylic acids is 2. The van der Waals surface area contributed by atoms with Crippen LogP contribution in [0.1, 0.15) is 13.8 Å². The van der Waals surface area contributed by atoms with Gasteiger partial charge >= 0.3 is 0 Å². The molecule has 0 aromatic rings. The highest BCUT2D eigenvalue weighted by molar-refractivity contribution is 5.85. The molecule has 13 heavy (non-hydrogen) atoms. The van der Waals surface area contributed by atoms with E-state index in [2.05, 4.69) is 16.0 Å². The van der Waals surface area contributed by atoms with E-state index in [9.17, 15) is 9.59 Å². The summed E-state index contributed by atoms with van der Waals surface area (Å²) in [5.74, 6) is -0.319. The first-order valence-corrected chi connectivity index (χ1v) is 4.44. The predicted molar refractivity (Wildman–Crippen MR) is 50.2 cm³/mol. The SMILES string of the molecule is CCNCC(=O)NCC(=O)NCC. The van der Waals surface area contributed by atoms with Crippen LogP contribution in [0.3, 0.4) is 0 Å². The molecule has 0 atom stereocenters. The van der Waals surface area contributed by atoms with Gasteiger partial charge in [-0.2, -0.15) is 0 Å². The van der Waals surface area contributed by atoms with Gasteiger partial charge in [0, 0.05) is 6.54 Å². The lowest BCUT2D eigenvalue weighted by molar-refractivity contribution is -0.125. The van der Waals surface area contributed by atoms with Gasteiger partial charge in [0.05, 0.1) is 13.1 Å². The second kappa shape index (κ2) is 7.54. The van der Waals surface area contributed by atoms with Crippen LogP contribution in [0.15, 0.2) is 0 Å². The van der Waals surface area contributed by atoms with Crippen LogP contribution in [-0.2, 0) is 9.59 Å². The molecule has 0 saturated carbocycles. The molecular weight excluding hydrogens is 170 g/mol. The molecule has 0 rings (SSSR count). The first kappa shape index (κ1) is 11.9. The number of hydrogen-bond donors (Lipinski definition) is 3. The van der Waals surface area contributed by atoms with Crippen molar-refractivity contribution in [3.05, 3.63) is 0 Å². The van der Waals surface area contributed by atoms with E-state index >= 15 is 0 Å². The van der Waals surface area contributed by atoms with Gasteiger partial charge < -0.3 is 16.0 Å². The Labute approximate surface area is 78.3 Å². The minimum absolute atomic E-state index is 0.0536. The smallest absolute Gasteiger partial charge is 0.239 e.